The summed E-state index contributed by atoms with van der Waals surface area (Å²) in [6.45, 7) is 0.627. The summed E-state index contributed by atoms with van der Waals surface area (Å²) >= 11 is 0. The average Bonchev–Trinajstić information content (AvgIpc) is 3.40. The maximum Gasteiger partial charge on any atom is 0.363 e. The first-order valence-corrected chi connectivity index (χ1v) is 13.6. The lowest BCUT2D eigenvalue weighted by molar-refractivity contribution is 0.594. The number of fused-ring (bicyclic) bond motifs is 5. The average molecular weight is 472 g/mol. The summed E-state index contributed by atoms with van der Waals surface area (Å²) in [6.07, 6.45) is 8.25. The maximum absolute atomic E-state index is 10.3. The molecule has 0 amide bonds. The lowest BCUT2D eigenvalue weighted by atomic mass is 9.86. The Bertz CT molecular complexity index is 1380. The van der Waals surface area contributed by atoms with Crippen molar-refractivity contribution in [1.29, 1.82) is 0 Å². The van der Waals surface area contributed by atoms with E-state index < -0.39 is 20.2 Å². The topological polar surface area (TPSA) is 105 Å². The second kappa shape index (κ2) is 9.48. The molecule has 6 rings (SSSR count). The molecule has 1 aliphatic carbocycles. The summed E-state index contributed by atoms with van der Waals surface area (Å²) in [5, 5.41) is 5.64. The number of aryl methyl sites for hydroxylation is 2. The predicted molar refractivity (Wildman–Crippen MR) is 130 cm³/mol. The van der Waals surface area contributed by atoms with Crippen LogP contribution >= 0.6 is 0 Å². The van der Waals surface area contributed by atoms with Crippen LogP contribution < -0.4 is 4.72 Å². The van der Waals surface area contributed by atoms with Gasteiger partial charge >= 0.3 is 10.2 Å². The normalized spacial score (nSPS) is 19.6. The summed E-state index contributed by atoms with van der Waals surface area (Å²) in [6, 6.07) is 18.0. The van der Waals surface area contributed by atoms with Crippen LogP contribution in [0.2, 0.25) is 0 Å². The highest BCUT2D eigenvalue weighted by molar-refractivity contribution is 7.89. The van der Waals surface area contributed by atoms with Gasteiger partial charge in [-0.2, -0.15) is 17.2 Å². The Morgan fingerprint density at radius 1 is 0.719 bits per heavy atom. The van der Waals surface area contributed by atoms with E-state index >= 15 is 0 Å². The van der Waals surface area contributed by atoms with Gasteiger partial charge in [-0.05, 0) is 64.8 Å². The van der Waals surface area contributed by atoms with E-state index in [0.29, 0.717) is 12.3 Å². The molecule has 0 aromatic heterocycles. The molecule has 0 saturated carbocycles. The van der Waals surface area contributed by atoms with Crippen LogP contribution in [0.5, 0.6) is 0 Å². The third-order valence-electron chi connectivity index (χ3n) is 5.62. The van der Waals surface area contributed by atoms with Crippen molar-refractivity contribution in [3.8, 4) is 0 Å². The predicted octanol–water partition coefficient (Wildman–Crippen LogP) is 3.57. The van der Waals surface area contributed by atoms with Gasteiger partial charge in [0.05, 0.1) is 18.2 Å². The van der Waals surface area contributed by atoms with Gasteiger partial charge in [-0.1, -0.05) is 48.5 Å². The number of hydrogen-bond acceptors (Lipinski definition) is 4. The van der Waals surface area contributed by atoms with E-state index in [-0.39, 0.29) is 0 Å². The molecule has 2 aliphatic heterocycles. The number of sulfonamides is 1. The molecule has 3 aromatic rings. The lowest BCUT2D eigenvalue weighted by Gasteiger charge is -2.18. The third kappa shape index (κ3) is 5.40. The maximum atomic E-state index is 10.3. The number of benzene rings is 3. The third-order valence-corrected chi connectivity index (χ3v) is 7.87. The van der Waals surface area contributed by atoms with Crippen LogP contribution in [-0.4, -0.2) is 41.6 Å². The quantitative estimate of drug-likeness (QED) is 0.506. The smallest absolute Gasteiger partial charge is 0.215 e. The molecule has 1 fully saturated rings. The zero-order valence-corrected chi connectivity index (χ0v) is 19.2. The first kappa shape index (κ1) is 22.6. The first-order valence-electron chi connectivity index (χ1n) is 10.6. The molecule has 7 nitrogen and oxygen atoms in total. The molecule has 3 aliphatic rings. The minimum atomic E-state index is -3.41. The Morgan fingerprint density at radius 3 is 2.06 bits per heavy atom. The Hall–Kier alpha value is -2.62. The summed E-state index contributed by atoms with van der Waals surface area (Å²) in [4.78, 5) is 0. The van der Waals surface area contributed by atoms with E-state index in [2.05, 4.69) is 62.0 Å². The van der Waals surface area contributed by atoms with E-state index in [4.69, 9.17) is 0 Å². The van der Waals surface area contributed by atoms with Gasteiger partial charge < -0.3 is 0 Å². The second-order valence-corrected chi connectivity index (χ2v) is 11.1. The van der Waals surface area contributed by atoms with Crippen molar-refractivity contribution in [3.63, 3.8) is 0 Å². The molecule has 2 heterocycles. The molecule has 0 radical (unpaired) electrons. The van der Waals surface area contributed by atoms with Crippen LogP contribution in [0.4, 0.5) is 0 Å². The fraction of sp³-hybridized carbons (Fsp3) is 0.304. The summed E-state index contributed by atoms with van der Waals surface area (Å²) in [5.41, 5.74) is 3.17. The monoisotopic (exact) mass is 471 g/mol. The van der Waals surface area contributed by atoms with E-state index in [9.17, 15) is 16.8 Å². The summed E-state index contributed by atoms with van der Waals surface area (Å²) < 4.78 is 49.1. The Kier molecular flexibility index (Phi) is 6.68. The summed E-state index contributed by atoms with van der Waals surface area (Å²) in [7, 11) is -6.20. The first-order chi connectivity index (χ1) is 15.3. The van der Waals surface area contributed by atoms with Crippen molar-refractivity contribution in [2.75, 3.05) is 12.3 Å². The highest BCUT2D eigenvalue weighted by Gasteiger charge is 2.15. The van der Waals surface area contributed by atoms with Gasteiger partial charge in [0.15, 0.2) is 0 Å². The molecule has 1 N–H and O–H groups in total. The molecular weight excluding hydrogens is 446 g/mol. The molecule has 0 bridgehead atoms. The Morgan fingerprint density at radius 2 is 1.44 bits per heavy atom. The Balaban J connectivity index is 0.000000144. The van der Waals surface area contributed by atoms with Gasteiger partial charge in [-0.3, -0.25) is 0 Å². The van der Waals surface area contributed by atoms with Gasteiger partial charge in [-0.25, -0.2) is 13.1 Å². The molecule has 9 heteroatoms. The van der Waals surface area contributed by atoms with Crippen LogP contribution in [0.3, 0.4) is 0 Å². The van der Waals surface area contributed by atoms with Crippen LogP contribution in [0.25, 0.3) is 21.5 Å². The van der Waals surface area contributed by atoms with Crippen LogP contribution in [-0.2, 0) is 33.1 Å². The fourth-order valence-electron chi connectivity index (χ4n) is 4.14. The number of hydrogen-bond donors (Lipinski definition) is 1. The van der Waals surface area contributed by atoms with Crippen molar-refractivity contribution in [2.45, 2.75) is 32.1 Å². The molecule has 1 saturated heterocycles. The number of nitrogens with zero attached hydrogens (tertiary/aromatic N) is 2. The van der Waals surface area contributed by atoms with Gasteiger partial charge in [0.25, 0.3) is 0 Å². The molecule has 32 heavy (non-hydrogen) atoms. The minimum absolute atomic E-state index is 0.312. The SMILES string of the molecule is O=S1(=O)CCCN1.O=S1(=O)N=CC=N1.c1ccc2c(c1)ccc1c3c(ccc12)CCCC3. The number of rotatable bonds is 0. The standard InChI is InChI=1S/C18H16.C3H7NO2S.C2H2N2O2S/c1-3-7-15-13(5-1)9-11-18-16-8-4-2-6-14(16)10-12-17(15)18;2*5-7(6)3-1-2-4-7/h1,3,5,7,9-12H,2,4,6,8H2;4H,1-3H2;1-2H. The molecule has 0 spiro atoms. The molecule has 0 unspecified atom stereocenters. The highest BCUT2D eigenvalue weighted by Crippen LogP contribution is 2.33. The van der Waals surface area contributed by atoms with Gasteiger partial charge in [0.1, 0.15) is 0 Å². The van der Waals surface area contributed by atoms with Crippen LogP contribution in [0.15, 0.2) is 57.3 Å². The Labute approximate surface area is 188 Å². The van der Waals surface area contributed by atoms with Gasteiger partial charge in [0, 0.05) is 6.54 Å². The zero-order valence-electron chi connectivity index (χ0n) is 17.6. The minimum Gasteiger partial charge on any atom is -0.215 e. The van der Waals surface area contributed by atoms with E-state index in [1.165, 1.54) is 47.2 Å². The van der Waals surface area contributed by atoms with Crippen LogP contribution in [0.1, 0.15) is 30.4 Å². The van der Waals surface area contributed by atoms with Crippen molar-refractivity contribution in [1.82, 2.24) is 4.72 Å². The largest absolute Gasteiger partial charge is 0.363 e. The van der Waals surface area contributed by atoms with Crippen molar-refractivity contribution < 1.29 is 16.8 Å². The molecular formula is C23H25N3O4S2. The molecule has 3 aromatic carbocycles. The molecule has 168 valence electrons. The highest BCUT2D eigenvalue weighted by atomic mass is 32.2. The van der Waals surface area contributed by atoms with Gasteiger partial charge in [0.2, 0.25) is 10.0 Å². The summed E-state index contributed by atoms with van der Waals surface area (Å²) in [5.74, 6) is 0.312. The number of nitrogens with one attached hydrogen (secondary N) is 1. The van der Waals surface area contributed by atoms with E-state index in [0.717, 1.165) is 18.9 Å². The lowest BCUT2D eigenvalue weighted by Crippen LogP contribution is -2.15. The van der Waals surface area contributed by atoms with E-state index in [1.54, 1.807) is 11.1 Å². The van der Waals surface area contributed by atoms with Crippen molar-refractivity contribution in [3.05, 3.63) is 59.7 Å². The van der Waals surface area contributed by atoms with Gasteiger partial charge in [-0.15, -0.1) is 0 Å². The fourth-order valence-corrected chi connectivity index (χ4v) is 5.73. The second-order valence-electron chi connectivity index (χ2n) is 7.82. The van der Waals surface area contributed by atoms with E-state index in [1.807, 2.05) is 0 Å². The zero-order chi connectivity index (χ0) is 22.6. The van der Waals surface area contributed by atoms with Crippen LogP contribution in [0, 0.1) is 0 Å². The van der Waals surface area contributed by atoms with Crippen molar-refractivity contribution >= 4 is 54.2 Å². The van der Waals surface area contributed by atoms with Crippen molar-refractivity contribution in [2.24, 2.45) is 8.80 Å². The molecule has 0 atom stereocenters.